The molecule has 0 heterocycles. The minimum Gasteiger partial charge on any atom is -0.497 e. The highest BCUT2D eigenvalue weighted by Crippen LogP contribution is 2.33. The van der Waals surface area contributed by atoms with Gasteiger partial charge in [0, 0.05) is 18.3 Å². The minimum absolute atomic E-state index is 0.276. The molecular weight excluding hydrogens is 368 g/mol. The van der Waals surface area contributed by atoms with E-state index in [0.29, 0.717) is 23.7 Å². The topological polar surface area (TPSA) is 76.2 Å². The molecule has 0 saturated heterocycles. The number of hydrogen-bond acceptors (Lipinski definition) is 5. The number of amides is 1. The fraction of sp³-hybridized carbons (Fsp3) is 0.316. The maximum atomic E-state index is 12.9. The molecule has 0 aliphatic rings. The molecule has 1 amide bonds. The zero-order chi connectivity index (χ0) is 20.0. The van der Waals surface area contributed by atoms with Gasteiger partial charge in [0.25, 0.3) is 0 Å². The third-order valence-electron chi connectivity index (χ3n) is 4.02. The Hall–Kier alpha value is -2.74. The first kappa shape index (κ1) is 20.6. The van der Waals surface area contributed by atoms with E-state index < -0.39 is 10.0 Å². The average Bonchev–Trinajstić information content (AvgIpc) is 2.66. The molecule has 7 nitrogen and oxygen atoms in total. The predicted molar refractivity (Wildman–Crippen MR) is 106 cm³/mol. The molecule has 8 heteroatoms. The number of anilines is 2. The smallest absolute Gasteiger partial charge is 0.247 e. The van der Waals surface area contributed by atoms with Crippen LogP contribution in [0.4, 0.5) is 11.4 Å². The molecule has 2 aromatic carbocycles. The van der Waals surface area contributed by atoms with Gasteiger partial charge in [-0.3, -0.25) is 9.10 Å². The molecule has 2 rings (SSSR count). The molecule has 0 N–H and O–H groups in total. The van der Waals surface area contributed by atoms with Gasteiger partial charge in [-0.2, -0.15) is 0 Å². The van der Waals surface area contributed by atoms with Crippen molar-refractivity contribution in [3.8, 4) is 11.5 Å². The summed E-state index contributed by atoms with van der Waals surface area (Å²) < 4.78 is 36.3. The number of sulfonamides is 1. The van der Waals surface area contributed by atoms with E-state index in [1.165, 1.54) is 19.1 Å². The number of carbonyl (C=O) groups excluding carboxylic acids is 1. The highest BCUT2D eigenvalue weighted by Gasteiger charge is 2.26. The SMILES string of the molecule is CCN(C(=O)CN(c1ccc(OC)cc1OC)S(C)(=O)=O)c1ccccc1. The second-order valence-electron chi connectivity index (χ2n) is 5.78. The van der Waals surface area contributed by atoms with Crippen molar-refractivity contribution < 1.29 is 22.7 Å². The van der Waals surface area contributed by atoms with Crippen LogP contribution in [-0.4, -0.2) is 47.9 Å². The fourth-order valence-corrected chi connectivity index (χ4v) is 3.54. The van der Waals surface area contributed by atoms with E-state index in [0.717, 1.165) is 10.6 Å². The van der Waals surface area contributed by atoms with Crippen molar-refractivity contribution in [2.45, 2.75) is 6.92 Å². The normalized spacial score (nSPS) is 11.0. The van der Waals surface area contributed by atoms with E-state index in [-0.39, 0.29) is 18.1 Å². The van der Waals surface area contributed by atoms with Crippen LogP contribution in [0, 0.1) is 0 Å². The molecule has 0 bridgehead atoms. The van der Waals surface area contributed by atoms with Gasteiger partial charge in [0.1, 0.15) is 18.0 Å². The molecule has 0 aliphatic heterocycles. The Morgan fingerprint density at radius 2 is 1.70 bits per heavy atom. The van der Waals surface area contributed by atoms with Gasteiger partial charge in [-0.15, -0.1) is 0 Å². The lowest BCUT2D eigenvalue weighted by molar-refractivity contribution is -0.117. The highest BCUT2D eigenvalue weighted by molar-refractivity contribution is 7.92. The van der Waals surface area contributed by atoms with Crippen molar-refractivity contribution in [1.29, 1.82) is 0 Å². The van der Waals surface area contributed by atoms with Crippen LogP contribution in [0.2, 0.25) is 0 Å². The molecular formula is C19H24N2O5S. The number of ether oxygens (including phenoxy) is 2. The lowest BCUT2D eigenvalue weighted by Gasteiger charge is -2.28. The molecule has 27 heavy (non-hydrogen) atoms. The summed E-state index contributed by atoms with van der Waals surface area (Å²) in [6.07, 6.45) is 1.06. The van der Waals surface area contributed by atoms with Crippen LogP contribution in [0.25, 0.3) is 0 Å². The fourth-order valence-electron chi connectivity index (χ4n) is 2.69. The lowest BCUT2D eigenvalue weighted by atomic mass is 10.2. The first-order valence-corrected chi connectivity index (χ1v) is 10.2. The third-order valence-corrected chi connectivity index (χ3v) is 5.15. The number of methoxy groups -OCH3 is 2. The Balaban J connectivity index is 2.40. The summed E-state index contributed by atoms with van der Waals surface area (Å²) in [5.41, 5.74) is 0.985. The monoisotopic (exact) mass is 392 g/mol. The van der Waals surface area contributed by atoms with Crippen LogP contribution in [0.15, 0.2) is 48.5 Å². The number of nitrogens with zero attached hydrogens (tertiary/aromatic N) is 2. The maximum Gasteiger partial charge on any atom is 0.247 e. The van der Waals surface area contributed by atoms with E-state index in [9.17, 15) is 13.2 Å². The van der Waals surface area contributed by atoms with Crippen molar-refractivity contribution >= 4 is 27.3 Å². The largest absolute Gasteiger partial charge is 0.497 e. The van der Waals surface area contributed by atoms with Crippen molar-refractivity contribution in [2.75, 3.05) is 42.8 Å². The van der Waals surface area contributed by atoms with Crippen LogP contribution in [0.1, 0.15) is 6.92 Å². The second-order valence-corrected chi connectivity index (χ2v) is 7.69. The van der Waals surface area contributed by atoms with Gasteiger partial charge in [0.05, 0.1) is 26.2 Å². The number of hydrogen-bond donors (Lipinski definition) is 0. The van der Waals surface area contributed by atoms with Crippen molar-refractivity contribution in [3.63, 3.8) is 0 Å². The van der Waals surface area contributed by atoms with E-state index in [2.05, 4.69) is 0 Å². The van der Waals surface area contributed by atoms with Gasteiger partial charge in [0.2, 0.25) is 15.9 Å². The standard InChI is InChI=1S/C19H24N2O5S/c1-5-20(15-9-7-6-8-10-15)19(22)14-21(27(4,23)24)17-12-11-16(25-2)13-18(17)26-3/h6-13H,5,14H2,1-4H3. The Morgan fingerprint density at radius 1 is 1.04 bits per heavy atom. The van der Waals surface area contributed by atoms with Crippen molar-refractivity contribution in [1.82, 2.24) is 0 Å². The summed E-state index contributed by atoms with van der Waals surface area (Å²) in [7, 11) is -0.785. The zero-order valence-corrected chi connectivity index (χ0v) is 16.7. The molecule has 0 fully saturated rings. The summed E-state index contributed by atoms with van der Waals surface area (Å²) in [4.78, 5) is 14.4. The molecule has 0 spiro atoms. The summed E-state index contributed by atoms with van der Waals surface area (Å²) >= 11 is 0. The lowest BCUT2D eigenvalue weighted by Crippen LogP contribution is -2.43. The van der Waals surface area contributed by atoms with E-state index in [1.807, 2.05) is 25.1 Å². The van der Waals surface area contributed by atoms with Crippen LogP contribution in [0.3, 0.4) is 0 Å². The number of para-hydroxylation sites is 1. The van der Waals surface area contributed by atoms with Crippen molar-refractivity contribution in [3.05, 3.63) is 48.5 Å². The first-order valence-electron chi connectivity index (χ1n) is 8.37. The van der Waals surface area contributed by atoms with Crippen LogP contribution in [0.5, 0.6) is 11.5 Å². The Labute approximate surface area is 160 Å². The molecule has 2 aromatic rings. The van der Waals surface area contributed by atoms with Gasteiger partial charge in [-0.05, 0) is 31.2 Å². The van der Waals surface area contributed by atoms with Crippen LogP contribution < -0.4 is 18.7 Å². The van der Waals surface area contributed by atoms with Crippen molar-refractivity contribution in [2.24, 2.45) is 0 Å². The Kier molecular flexibility index (Phi) is 6.68. The van der Waals surface area contributed by atoms with Gasteiger partial charge < -0.3 is 14.4 Å². The first-order chi connectivity index (χ1) is 12.8. The molecule has 0 radical (unpaired) electrons. The molecule has 0 aromatic heterocycles. The van der Waals surface area contributed by atoms with Gasteiger partial charge in [-0.1, -0.05) is 18.2 Å². The quantitative estimate of drug-likeness (QED) is 0.690. The maximum absolute atomic E-state index is 12.9. The van der Waals surface area contributed by atoms with Gasteiger partial charge in [0.15, 0.2) is 0 Å². The molecule has 0 aliphatic carbocycles. The van der Waals surface area contributed by atoms with E-state index in [1.54, 1.807) is 30.3 Å². The number of rotatable bonds is 8. The van der Waals surface area contributed by atoms with Gasteiger partial charge in [-0.25, -0.2) is 8.42 Å². The number of benzene rings is 2. The highest BCUT2D eigenvalue weighted by atomic mass is 32.2. The van der Waals surface area contributed by atoms with E-state index in [4.69, 9.17) is 9.47 Å². The average molecular weight is 392 g/mol. The summed E-state index contributed by atoms with van der Waals surface area (Å²) in [5.74, 6) is 0.483. The number of carbonyl (C=O) groups is 1. The van der Waals surface area contributed by atoms with E-state index >= 15 is 0 Å². The number of likely N-dealkylation sites (N-methyl/N-ethyl adjacent to an activating group) is 1. The Morgan fingerprint density at radius 3 is 2.22 bits per heavy atom. The molecule has 0 unspecified atom stereocenters. The molecule has 146 valence electrons. The third kappa shape index (κ3) is 4.91. The van der Waals surface area contributed by atoms with Gasteiger partial charge >= 0.3 is 0 Å². The Bertz CT molecular complexity index is 884. The summed E-state index contributed by atoms with van der Waals surface area (Å²) in [6, 6.07) is 13.9. The predicted octanol–water partition coefficient (Wildman–Crippen LogP) is 2.52. The summed E-state index contributed by atoms with van der Waals surface area (Å²) in [5, 5.41) is 0. The molecule has 0 atom stereocenters. The van der Waals surface area contributed by atoms with Crippen LogP contribution in [-0.2, 0) is 14.8 Å². The zero-order valence-electron chi connectivity index (χ0n) is 15.9. The van der Waals surface area contributed by atoms with Crippen LogP contribution >= 0.6 is 0 Å². The molecule has 0 saturated carbocycles. The second kappa shape index (κ2) is 8.77. The minimum atomic E-state index is -3.72. The summed E-state index contributed by atoms with van der Waals surface area (Å²) in [6.45, 7) is 1.91.